The number of halogens is 1. The number of rotatable bonds is 2. The van der Waals surface area contributed by atoms with Crippen LogP contribution in [0.5, 0.6) is 5.88 Å². The fourth-order valence-corrected chi connectivity index (χ4v) is 3.34. The van der Waals surface area contributed by atoms with Crippen molar-refractivity contribution in [3.63, 3.8) is 0 Å². The molecule has 0 unspecified atom stereocenters. The fraction of sp³-hybridized carbons (Fsp3) is 0.0667. The van der Waals surface area contributed by atoms with Crippen molar-refractivity contribution >= 4 is 27.3 Å². The predicted molar refractivity (Wildman–Crippen MR) is 87.7 cm³/mol. The Labute approximate surface area is 133 Å². The Morgan fingerprint density at radius 1 is 1.24 bits per heavy atom. The lowest BCUT2D eigenvalue weighted by molar-refractivity contribution is 0.454. The van der Waals surface area contributed by atoms with E-state index < -0.39 is 0 Å². The molecule has 0 saturated heterocycles. The first-order valence-electron chi connectivity index (χ1n) is 6.21. The maximum atomic E-state index is 12.3. The normalized spacial score (nSPS) is 10.8. The van der Waals surface area contributed by atoms with Crippen molar-refractivity contribution in [2.45, 2.75) is 6.92 Å². The first-order chi connectivity index (χ1) is 10.1. The van der Waals surface area contributed by atoms with E-state index in [0.29, 0.717) is 11.4 Å². The molecule has 2 N–H and O–H groups in total. The van der Waals surface area contributed by atoms with Gasteiger partial charge in [0, 0.05) is 14.9 Å². The minimum absolute atomic E-state index is 0.166. The van der Waals surface area contributed by atoms with Crippen LogP contribution in [0.15, 0.2) is 45.7 Å². The van der Waals surface area contributed by atoms with Crippen molar-refractivity contribution in [2.24, 2.45) is 0 Å². The highest BCUT2D eigenvalue weighted by Gasteiger charge is 2.16. The second kappa shape index (κ2) is 5.46. The van der Waals surface area contributed by atoms with Crippen LogP contribution in [0.1, 0.15) is 4.88 Å². The molecule has 2 aromatic heterocycles. The average molecular weight is 363 g/mol. The molecule has 6 heteroatoms. The van der Waals surface area contributed by atoms with E-state index in [1.807, 2.05) is 31.2 Å². The molecule has 3 aromatic rings. The average Bonchev–Trinajstić information content (AvgIpc) is 2.87. The third-order valence-electron chi connectivity index (χ3n) is 3.02. The van der Waals surface area contributed by atoms with Crippen LogP contribution in [0.2, 0.25) is 0 Å². The van der Waals surface area contributed by atoms with Gasteiger partial charge in [0.1, 0.15) is 5.56 Å². The lowest BCUT2D eigenvalue weighted by Gasteiger charge is -2.06. The lowest BCUT2D eigenvalue weighted by Crippen LogP contribution is -2.12. The molecular formula is C15H11BrN2O2S. The van der Waals surface area contributed by atoms with Gasteiger partial charge in [-0.25, -0.2) is 0 Å². The number of aryl methyl sites for hydroxylation is 1. The molecule has 1 aromatic carbocycles. The van der Waals surface area contributed by atoms with Gasteiger partial charge in [0.25, 0.3) is 5.56 Å². The van der Waals surface area contributed by atoms with Crippen molar-refractivity contribution in [3.05, 3.63) is 56.1 Å². The second-order valence-electron chi connectivity index (χ2n) is 4.50. The number of benzene rings is 1. The van der Waals surface area contributed by atoms with E-state index in [2.05, 4.69) is 25.9 Å². The van der Waals surface area contributed by atoms with Gasteiger partial charge in [0.2, 0.25) is 5.88 Å². The summed E-state index contributed by atoms with van der Waals surface area (Å²) in [7, 11) is 0. The molecule has 0 bridgehead atoms. The number of nitrogens with one attached hydrogen (secondary N) is 1. The van der Waals surface area contributed by atoms with E-state index in [9.17, 15) is 9.90 Å². The van der Waals surface area contributed by atoms with Crippen LogP contribution >= 0.6 is 27.3 Å². The van der Waals surface area contributed by atoms with Gasteiger partial charge in [-0.3, -0.25) is 4.79 Å². The Bertz CT molecular complexity index is 870. The minimum Gasteiger partial charge on any atom is -0.493 e. The first-order valence-corrected chi connectivity index (χ1v) is 7.82. The third-order valence-corrected chi connectivity index (χ3v) is 4.72. The molecule has 0 atom stereocenters. The highest BCUT2D eigenvalue weighted by atomic mass is 79.9. The van der Waals surface area contributed by atoms with Gasteiger partial charge in [-0.1, -0.05) is 34.1 Å². The van der Waals surface area contributed by atoms with E-state index in [1.54, 1.807) is 12.1 Å². The van der Waals surface area contributed by atoms with Gasteiger partial charge in [-0.2, -0.15) is 4.98 Å². The molecule has 3 rings (SSSR count). The number of aromatic amines is 1. The number of thiophene rings is 1. The Kier molecular flexibility index (Phi) is 3.65. The molecule has 2 heterocycles. The third kappa shape index (κ3) is 2.64. The monoisotopic (exact) mass is 362 g/mol. The summed E-state index contributed by atoms with van der Waals surface area (Å²) in [4.78, 5) is 21.1. The Morgan fingerprint density at radius 3 is 2.62 bits per heavy atom. The number of H-pyrrole nitrogens is 1. The summed E-state index contributed by atoms with van der Waals surface area (Å²) in [5.41, 5.74) is 0.410. The first kappa shape index (κ1) is 14.0. The lowest BCUT2D eigenvalue weighted by atomic mass is 10.1. The Morgan fingerprint density at radius 2 is 2.00 bits per heavy atom. The van der Waals surface area contributed by atoms with E-state index in [-0.39, 0.29) is 17.0 Å². The van der Waals surface area contributed by atoms with Crippen molar-refractivity contribution < 1.29 is 5.11 Å². The summed E-state index contributed by atoms with van der Waals surface area (Å²) < 4.78 is 0.729. The molecule has 0 saturated carbocycles. The number of hydrogen-bond acceptors (Lipinski definition) is 4. The molecule has 0 amide bonds. The highest BCUT2D eigenvalue weighted by molar-refractivity contribution is 9.10. The van der Waals surface area contributed by atoms with Crippen molar-refractivity contribution in [1.82, 2.24) is 9.97 Å². The van der Waals surface area contributed by atoms with Gasteiger partial charge in [-0.15, -0.1) is 11.3 Å². The highest BCUT2D eigenvalue weighted by Crippen LogP contribution is 2.32. The Hall–Kier alpha value is -1.92. The van der Waals surface area contributed by atoms with Crippen LogP contribution in [-0.2, 0) is 0 Å². The smallest absolute Gasteiger partial charge is 0.263 e. The van der Waals surface area contributed by atoms with Crippen LogP contribution in [0, 0.1) is 6.92 Å². The molecule has 4 nitrogen and oxygen atoms in total. The maximum Gasteiger partial charge on any atom is 0.263 e. The molecule has 0 radical (unpaired) electrons. The number of nitrogens with zero attached hydrogens (tertiary/aromatic N) is 1. The van der Waals surface area contributed by atoms with Gasteiger partial charge in [0.15, 0.2) is 5.82 Å². The Balaban J connectivity index is 2.18. The molecule has 0 spiro atoms. The molecule has 106 valence electrons. The SMILES string of the molecule is Cc1ccc(-c2nc(O)c(-c3ccccc3Br)c(=O)[nH]2)s1. The zero-order chi connectivity index (χ0) is 15.0. The molecular weight excluding hydrogens is 352 g/mol. The number of aromatic nitrogens is 2. The van der Waals surface area contributed by atoms with Crippen LogP contribution in [0.25, 0.3) is 21.8 Å². The van der Waals surface area contributed by atoms with Crippen LogP contribution in [-0.4, -0.2) is 15.1 Å². The van der Waals surface area contributed by atoms with Crippen molar-refractivity contribution in [3.8, 4) is 27.7 Å². The molecule has 0 aliphatic rings. The molecule has 0 aliphatic carbocycles. The van der Waals surface area contributed by atoms with Crippen molar-refractivity contribution in [2.75, 3.05) is 0 Å². The van der Waals surface area contributed by atoms with E-state index in [1.165, 1.54) is 11.3 Å². The van der Waals surface area contributed by atoms with Gasteiger partial charge < -0.3 is 10.1 Å². The zero-order valence-electron chi connectivity index (χ0n) is 11.1. The topological polar surface area (TPSA) is 66.0 Å². The summed E-state index contributed by atoms with van der Waals surface area (Å²) in [6, 6.07) is 11.0. The molecule has 0 fully saturated rings. The van der Waals surface area contributed by atoms with E-state index >= 15 is 0 Å². The maximum absolute atomic E-state index is 12.3. The van der Waals surface area contributed by atoms with Crippen LogP contribution < -0.4 is 5.56 Å². The summed E-state index contributed by atoms with van der Waals surface area (Å²) in [6.07, 6.45) is 0. The molecule has 0 aliphatic heterocycles. The second-order valence-corrected chi connectivity index (χ2v) is 6.65. The largest absolute Gasteiger partial charge is 0.493 e. The molecule has 21 heavy (non-hydrogen) atoms. The van der Waals surface area contributed by atoms with E-state index in [0.717, 1.165) is 14.2 Å². The standard InChI is InChI=1S/C15H11BrN2O2S/c1-8-6-7-11(21-8)13-17-14(19)12(15(20)18-13)9-4-2-3-5-10(9)16/h2-7H,1H3,(H2,17,18,19,20). The zero-order valence-corrected chi connectivity index (χ0v) is 13.5. The van der Waals surface area contributed by atoms with Gasteiger partial charge in [-0.05, 0) is 25.1 Å². The summed E-state index contributed by atoms with van der Waals surface area (Å²) >= 11 is 4.89. The van der Waals surface area contributed by atoms with E-state index in [4.69, 9.17) is 0 Å². The van der Waals surface area contributed by atoms with Crippen LogP contribution in [0.4, 0.5) is 0 Å². The van der Waals surface area contributed by atoms with Gasteiger partial charge >= 0.3 is 0 Å². The predicted octanol–water partition coefficient (Wildman–Crippen LogP) is 3.94. The van der Waals surface area contributed by atoms with Crippen molar-refractivity contribution in [1.29, 1.82) is 0 Å². The number of aromatic hydroxyl groups is 1. The minimum atomic E-state index is -0.365. The summed E-state index contributed by atoms with van der Waals surface area (Å²) in [6.45, 7) is 1.97. The van der Waals surface area contributed by atoms with Crippen LogP contribution in [0.3, 0.4) is 0 Å². The quantitative estimate of drug-likeness (QED) is 0.725. The number of hydrogen-bond donors (Lipinski definition) is 2. The fourth-order valence-electron chi connectivity index (χ4n) is 2.05. The summed E-state index contributed by atoms with van der Waals surface area (Å²) in [5, 5.41) is 10.2. The summed E-state index contributed by atoms with van der Waals surface area (Å²) in [5.74, 6) is 0.109. The van der Waals surface area contributed by atoms with Gasteiger partial charge in [0.05, 0.1) is 4.88 Å².